The van der Waals surface area contributed by atoms with Gasteiger partial charge in [0.05, 0.1) is 21.9 Å². The molecule has 1 fully saturated rings. The summed E-state index contributed by atoms with van der Waals surface area (Å²) in [5, 5.41) is 0. The van der Waals surface area contributed by atoms with E-state index in [1.807, 2.05) is 6.92 Å². The fourth-order valence-corrected chi connectivity index (χ4v) is 2.66. The standard InChI is InChI=1S/C14H15BrFN3/c1-14(17,9-3-4-9)13-18-7-12(19-13)8-2-5-11(16)10(15)6-8/h2,5-7,9H,3-4,17H2,1H3,(H,18,19). The van der Waals surface area contributed by atoms with Gasteiger partial charge in [-0.25, -0.2) is 9.37 Å². The van der Waals surface area contributed by atoms with Crippen LogP contribution in [-0.2, 0) is 5.54 Å². The van der Waals surface area contributed by atoms with Crippen LogP contribution < -0.4 is 5.73 Å². The molecule has 0 aliphatic heterocycles. The lowest BCUT2D eigenvalue weighted by molar-refractivity contribution is 0.404. The van der Waals surface area contributed by atoms with E-state index >= 15 is 0 Å². The molecule has 3 nitrogen and oxygen atoms in total. The molecule has 1 saturated carbocycles. The topological polar surface area (TPSA) is 54.7 Å². The van der Waals surface area contributed by atoms with E-state index in [1.54, 1.807) is 18.3 Å². The first-order valence-electron chi connectivity index (χ1n) is 6.28. The quantitative estimate of drug-likeness (QED) is 0.907. The molecule has 0 bridgehead atoms. The lowest BCUT2D eigenvalue weighted by Crippen LogP contribution is -2.36. The van der Waals surface area contributed by atoms with Gasteiger partial charge in [-0.1, -0.05) is 0 Å². The Morgan fingerprint density at radius 2 is 2.21 bits per heavy atom. The average molecular weight is 324 g/mol. The molecule has 5 heteroatoms. The zero-order valence-corrected chi connectivity index (χ0v) is 12.2. The molecular formula is C14H15BrFN3. The number of aromatic nitrogens is 2. The summed E-state index contributed by atoms with van der Waals surface area (Å²) in [5.74, 6) is 1.03. The van der Waals surface area contributed by atoms with Crippen molar-refractivity contribution < 1.29 is 4.39 Å². The van der Waals surface area contributed by atoms with Crippen molar-refractivity contribution in [2.75, 3.05) is 0 Å². The van der Waals surface area contributed by atoms with Gasteiger partial charge in [-0.3, -0.25) is 0 Å². The number of halogens is 2. The van der Waals surface area contributed by atoms with Gasteiger partial charge in [-0.2, -0.15) is 0 Å². The van der Waals surface area contributed by atoms with Gasteiger partial charge in [0.15, 0.2) is 0 Å². The minimum absolute atomic E-state index is 0.273. The number of nitrogens with zero attached hydrogens (tertiary/aromatic N) is 1. The molecule has 100 valence electrons. The maximum Gasteiger partial charge on any atom is 0.137 e. The molecule has 3 rings (SSSR count). The minimum Gasteiger partial charge on any atom is -0.340 e. The first-order chi connectivity index (χ1) is 8.98. The summed E-state index contributed by atoms with van der Waals surface area (Å²) in [5.41, 5.74) is 7.66. The number of H-pyrrole nitrogens is 1. The summed E-state index contributed by atoms with van der Waals surface area (Å²) in [4.78, 5) is 7.65. The van der Waals surface area contributed by atoms with Crippen LogP contribution in [0.15, 0.2) is 28.9 Å². The number of nitrogens with two attached hydrogens (primary N) is 1. The third-order valence-corrected chi connectivity index (χ3v) is 4.35. The van der Waals surface area contributed by atoms with Crippen molar-refractivity contribution in [3.63, 3.8) is 0 Å². The highest BCUT2D eigenvalue weighted by molar-refractivity contribution is 9.10. The van der Waals surface area contributed by atoms with Crippen molar-refractivity contribution in [2.24, 2.45) is 11.7 Å². The lowest BCUT2D eigenvalue weighted by atomic mass is 9.97. The highest BCUT2D eigenvalue weighted by atomic mass is 79.9. The van der Waals surface area contributed by atoms with E-state index in [1.165, 1.54) is 6.07 Å². The van der Waals surface area contributed by atoms with Crippen LogP contribution in [-0.4, -0.2) is 9.97 Å². The Morgan fingerprint density at radius 1 is 1.47 bits per heavy atom. The first-order valence-corrected chi connectivity index (χ1v) is 7.07. The van der Waals surface area contributed by atoms with Crippen LogP contribution in [0, 0.1) is 11.7 Å². The van der Waals surface area contributed by atoms with E-state index < -0.39 is 5.54 Å². The second-order valence-electron chi connectivity index (χ2n) is 5.33. The SMILES string of the molecule is CC(N)(c1ncc(-c2ccc(F)c(Br)c2)[nH]1)C1CC1. The predicted molar refractivity (Wildman–Crippen MR) is 75.9 cm³/mol. The number of imidazole rings is 1. The molecule has 1 aliphatic carbocycles. The van der Waals surface area contributed by atoms with E-state index in [0.717, 1.165) is 29.9 Å². The van der Waals surface area contributed by atoms with Crippen molar-refractivity contribution in [3.05, 3.63) is 40.5 Å². The Bertz CT molecular complexity index is 617. The van der Waals surface area contributed by atoms with Crippen molar-refractivity contribution in [1.82, 2.24) is 9.97 Å². The van der Waals surface area contributed by atoms with Crippen LogP contribution in [0.2, 0.25) is 0 Å². The molecule has 0 saturated heterocycles. The number of benzene rings is 1. The first kappa shape index (κ1) is 12.8. The monoisotopic (exact) mass is 323 g/mol. The van der Waals surface area contributed by atoms with E-state index in [4.69, 9.17) is 5.73 Å². The molecule has 19 heavy (non-hydrogen) atoms. The van der Waals surface area contributed by atoms with Crippen molar-refractivity contribution in [2.45, 2.75) is 25.3 Å². The molecule has 1 aromatic carbocycles. The van der Waals surface area contributed by atoms with Crippen molar-refractivity contribution >= 4 is 15.9 Å². The van der Waals surface area contributed by atoms with Crippen molar-refractivity contribution in [1.29, 1.82) is 0 Å². The van der Waals surface area contributed by atoms with Gasteiger partial charge in [0.25, 0.3) is 0 Å². The average Bonchev–Trinajstić information content (AvgIpc) is 3.11. The molecule has 1 atom stereocenters. The number of hydrogen-bond acceptors (Lipinski definition) is 2. The maximum atomic E-state index is 13.2. The Hall–Kier alpha value is -1.20. The number of nitrogens with one attached hydrogen (secondary N) is 1. The molecule has 0 radical (unpaired) electrons. The van der Waals surface area contributed by atoms with Crippen LogP contribution >= 0.6 is 15.9 Å². The van der Waals surface area contributed by atoms with E-state index in [0.29, 0.717) is 10.4 Å². The van der Waals surface area contributed by atoms with Gasteiger partial charge < -0.3 is 10.7 Å². The zero-order chi connectivity index (χ0) is 13.6. The summed E-state index contributed by atoms with van der Waals surface area (Å²) in [6, 6.07) is 4.89. The Labute approximate surface area is 119 Å². The maximum absolute atomic E-state index is 13.2. The van der Waals surface area contributed by atoms with Gasteiger partial charge in [-0.05, 0) is 59.8 Å². The third-order valence-electron chi connectivity index (χ3n) is 3.74. The summed E-state index contributed by atoms with van der Waals surface area (Å²) in [7, 11) is 0. The number of hydrogen-bond donors (Lipinski definition) is 2. The van der Waals surface area contributed by atoms with Crippen LogP contribution in [0.5, 0.6) is 0 Å². The van der Waals surface area contributed by atoms with Gasteiger partial charge in [0.1, 0.15) is 11.6 Å². The number of rotatable bonds is 3. The Kier molecular flexibility index (Phi) is 2.98. The van der Waals surface area contributed by atoms with Crippen LogP contribution in [0.3, 0.4) is 0 Å². The molecule has 1 aromatic heterocycles. The number of aromatic amines is 1. The summed E-state index contributed by atoms with van der Waals surface area (Å²) in [6.07, 6.45) is 4.07. The summed E-state index contributed by atoms with van der Waals surface area (Å²) in [6.45, 7) is 2.01. The van der Waals surface area contributed by atoms with Gasteiger partial charge in [0.2, 0.25) is 0 Å². The fraction of sp³-hybridized carbons (Fsp3) is 0.357. The molecule has 1 aliphatic rings. The zero-order valence-electron chi connectivity index (χ0n) is 10.6. The molecule has 2 aromatic rings. The molecule has 1 heterocycles. The van der Waals surface area contributed by atoms with Crippen LogP contribution in [0.1, 0.15) is 25.6 Å². The third kappa shape index (κ3) is 2.32. The van der Waals surface area contributed by atoms with Crippen LogP contribution in [0.25, 0.3) is 11.3 Å². The molecule has 0 amide bonds. The van der Waals surface area contributed by atoms with Crippen molar-refractivity contribution in [3.8, 4) is 11.3 Å². The largest absolute Gasteiger partial charge is 0.340 e. The normalized spacial score (nSPS) is 18.3. The highest BCUT2D eigenvalue weighted by Crippen LogP contribution is 2.43. The van der Waals surface area contributed by atoms with E-state index in [-0.39, 0.29) is 5.82 Å². The summed E-state index contributed by atoms with van der Waals surface area (Å²) < 4.78 is 13.7. The molecule has 3 N–H and O–H groups in total. The molecule has 0 spiro atoms. The summed E-state index contributed by atoms with van der Waals surface area (Å²) >= 11 is 3.19. The van der Waals surface area contributed by atoms with Gasteiger partial charge in [-0.15, -0.1) is 0 Å². The second-order valence-corrected chi connectivity index (χ2v) is 6.19. The fourth-order valence-electron chi connectivity index (χ4n) is 2.28. The predicted octanol–water partition coefficient (Wildman–Crippen LogP) is 3.56. The lowest BCUT2D eigenvalue weighted by Gasteiger charge is -2.21. The highest BCUT2D eigenvalue weighted by Gasteiger charge is 2.41. The minimum atomic E-state index is -0.407. The van der Waals surface area contributed by atoms with Gasteiger partial charge in [0, 0.05) is 5.56 Å². The Balaban J connectivity index is 1.94. The van der Waals surface area contributed by atoms with E-state index in [2.05, 4.69) is 25.9 Å². The Morgan fingerprint density at radius 3 is 2.84 bits per heavy atom. The smallest absolute Gasteiger partial charge is 0.137 e. The van der Waals surface area contributed by atoms with Crippen LogP contribution in [0.4, 0.5) is 4.39 Å². The molecule has 1 unspecified atom stereocenters. The second kappa shape index (κ2) is 4.42. The van der Waals surface area contributed by atoms with Gasteiger partial charge >= 0.3 is 0 Å². The molecular weight excluding hydrogens is 309 g/mol. The van der Waals surface area contributed by atoms with E-state index in [9.17, 15) is 4.39 Å².